The molecule has 0 aliphatic carbocycles. The number of amides is 3. The number of hydrogen-bond donors (Lipinski definition) is 4. The molecule has 1 saturated heterocycles. The van der Waals surface area contributed by atoms with Gasteiger partial charge in [-0.05, 0) is 37.6 Å². The molecule has 0 saturated carbocycles. The summed E-state index contributed by atoms with van der Waals surface area (Å²) in [5, 5.41) is 5.94. The Morgan fingerprint density at radius 2 is 1.83 bits per heavy atom. The summed E-state index contributed by atoms with van der Waals surface area (Å²) in [7, 11) is 0. The molecule has 1 aromatic carbocycles. The number of carbonyl (C=O) groups is 3. The molecule has 3 heterocycles. The lowest BCUT2D eigenvalue weighted by atomic mass is 10.1. The minimum Gasteiger partial charge on any atom is -0.369 e. The predicted octanol–water partition coefficient (Wildman–Crippen LogP) is 0.721. The summed E-state index contributed by atoms with van der Waals surface area (Å²) in [5.74, 6) is -2.87. The summed E-state index contributed by atoms with van der Waals surface area (Å²) in [6.45, 7) is 3.83. The molecular formula is C25H28F3N9O4. The van der Waals surface area contributed by atoms with Gasteiger partial charge in [0.25, 0.3) is 11.5 Å². The van der Waals surface area contributed by atoms with Gasteiger partial charge in [-0.15, -0.1) is 0 Å². The van der Waals surface area contributed by atoms with Crippen LogP contribution in [0.25, 0.3) is 11.2 Å². The molecule has 1 fully saturated rings. The van der Waals surface area contributed by atoms with Crippen molar-refractivity contribution in [3.63, 3.8) is 0 Å². The molecule has 0 spiro atoms. The Morgan fingerprint density at radius 3 is 2.49 bits per heavy atom. The zero-order chi connectivity index (χ0) is 29.7. The van der Waals surface area contributed by atoms with Gasteiger partial charge in [0.05, 0.1) is 18.4 Å². The Hall–Kier alpha value is -4.60. The highest BCUT2D eigenvalue weighted by molar-refractivity contribution is 5.98. The van der Waals surface area contributed by atoms with Gasteiger partial charge in [0.15, 0.2) is 11.2 Å². The summed E-state index contributed by atoms with van der Waals surface area (Å²) in [6.07, 6.45) is -3.45. The Balaban J connectivity index is 1.45. The van der Waals surface area contributed by atoms with Gasteiger partial charge in [0.2, 0.25) is 11.9 Å². The van der Waals surface area contributed by atoms with Gasteiger partial charge in [-0.3, -0.25) is 29.1 Å². The third-order valence-electron chi connectivity index (χ3n) is 6.37. The minimum atomic E-state index is -5.22. The van der Waals surface area contributed by atoms with Crippen LogP contribution in [0.1, 0.15) is 35.8 Å². The van der Waals surface area contributed by atoms with Crippen molar-refractivity contribution in [3.05, 3.63) is 52.1 Å². The highest BCUT2D eigenvalue weighted by atomic mass is 19.4. The van der Waals surface area contributed by atoms with Gasteiger partial charge < -0.3 is 21.3 Å². The van der Waals surface area contributed by atoms with E-state index in [9.17, 15) is 32.3 Å². The summed E-state index contributed by atoms with van der Waals surface area (Å²) in [5.41, 5.74) is 4.23. The molecular weight excluding hydrogens is 547 g/mol. The zero-order valence-electron chi connectivity index (χ0n) is 22.0. The lowest BCUT2D eigenvalue weighted by Crippen LogP contribution is -2.46. The number of anilines is 2. The lowest BCUT2D eigenvalue weighted by Gasteiger charge is -2.28. The van der Waals surface area contributed by atoms with Crippen LogP contribution in [0.5, 0.6) is 0 Å². The average molecular weight is 576 g/mol. The number of hydrogen-bond acceptors (Lipinski definition) is 9. The van der Waals surface area contributed by atoms with Crippen molar-refractivity contribution >= 4 is 40.5 Å². The number of alkyl halides is 3. The molecule has 3 aromatic rings. The number of nitrogens with zero attached hydrogens (tertiary/aromatic N) is 5. The predicted molar refractivity (Wildman–Crippen MR) is 142 cm³/mol. The Morgan fingerprint density at radius 1 is 1.15 bits per heavy atom. The van der Waals surface area contributed by atoms with Crippen LogP contribution >= 0.6 is 0 Å². The van der Waals surface area contributed by atoms with E-state index in [2.05, 4.69) is 30.6 Å². The molecule has 1 aliphatic heterocycles. The SMILES string of the molecule is C[C@H](CCC(=O)N1CCNCC1)NC(=O)c1ccc(N(Cc2cnc3nc(N)[nH]c(=O)c3n2)C(=O)C(F)(F)F)cc1. The highest BCUT2D eigenvalue weighted by Crippen LogP contribution is 2.26. The third kappa shape index (κ3) is 7.33. The number of aromatic nitrogens is 4. The number of halogens is 3. The van der Waals surface area contributed by atoms with Gasteiger partial charge in [-0.25, -0.2) is 9.97 Å². The van der Waals surface area contributed by atoms with Crippen LogP contribution in [0.4, 0.5) is 24.8 Å². The topological polar surface area (TPSA) is 179 Å². The van der Waals surface area contributed by atoms with Crippen LogP contribution in [0.3, 0.4) is 0 Å². The maximum Gasteiger partial charge on any atom is 0.471 e. The third-order valence-corrected chi connectivity index (χ3v) is 6.37. The quantitative estimate of drug-likeness (QED) is 0.301. The number of rotatable bonds is 8. The normalized spacial score (nSPS) is 14.5. The smallest absolute Gasteiger partial charge is 0.369 e. The number of nitrogen functional groups attached to an aromatic ring is 1. The summed E-state index contributed by atoms with van der Waals surface area (Å²) in [4.78, 5) is 65.6. The van der Waals surface area contributed by atoms with Crippen LogP contribution in [0.15, 0.2) is 35.3 Å². The number of nitrogens with two attached hydrogens (primary N) is 1. The van der Waals surface area contributed by atoms with Crippen LogP contribution in [-0.4, -0.2) is 81.0 Å². The molecule has 4 rings (SSSR count). The van der Waals surface area contributed by atoms with Gasteiger partial charge >= 0.3 is 12.1 Å². The first-order chi connectivity index (χ1) is 19.4. The second-order valence-electron chi connectivity index (χ2n) is 9.46. The Bertz CT molecular complexity index is 1490. The molecule has 41 heavy (non-hydrogen) atoms. The van der Waals surface area contributed by atoms with Crippen molar-refractivity contribution in [3.8, 4) is 0 Å². The number of carbonyl (C=O) groups excluding carboxylic acids is 3. The molecule has 0 bridgehead atoms. The first kappa shape index (κ1) is 29.4. The van der Waals surface area contributed by atoms with Gasteiger partial charge in [-0.2, -0.15) is 18.2 Å². The van der Waals surface area contributed by atoms with E-state index in [-0.39, 0.29) is 52.4 Å². The molecule has 218 valence electrons. The van der Waals surface area contributed by atoms with Crippen LogP contribution in [0.2, 0.25) is 0 Å². The van der Waals surface area contributed by atoms with E-state index in [4.69, 9.17) is 5.73 Å². The molecule has 16 heteroatoms. The molecule has 13 nitrogen and oxygen atoms in total. The van der Waals surface area contributed by atoms with E-state index in [1.165, 1.54) is 24.3 Å². The van der Waals surface area contributed by atoms with E-state index < -0.39 is 30.1 Å². The summed E-state index contributed by atoms with van der Waals surface area (Å²) in [6, 6.07) is 4.62. The molecule has 0 unspecified atom stereocenters. The van der Waals surface area contributed by atoms with E-state index in [0.717, 1.165) is 19.3 Å². The first-order valence-corrected chi connectivity index (χ1v) is 12.7. The van der Waals surface area contributed by atoms with Gasteiger partial charge in [0, 0.05) is 49.9 Å². The average Bonchev–Trinajstić information content (AvgIpc) is 2.94. The molecule has 5 N–H and O–H groups in total. The van der Waals surface area contributed by atoms with Crippen LogP contribution < -0.4 is 26.8 Å². The first-order valence-electron chi connectivity index (χ1n) is 12.7. The molecule has 1 aliphatic rings. The molecule has 0 radical (unpaired) electrons. The Labute approximate surface area is 231 Å². The lowest BCUT2D eigenvalue weighted by molar-refractivity contribution is -0.170. The van der Waals surface area contributed by atoms with Crippen LogP contribution in [-0.2, 0) is 16.1 Å². The number of H-pyrrole nitrogens is 1. The number of piperazine rings is 1. The molecule has 2 aromatic heterocycles. The van der Waals surface area contributed by atoms with Crippen molar-refractivity contribution in [2.24, 2.45) is 0 Å². The standard InChI is InChI=1S/C25H28F3N9O4/c1-14(2-7-18(38)36-10-8-30-9-11-36)32-21(39)15-3-5-17(6-4-15)37(23(41)25(26,27)28)13-16-12-31-20-19(33-16)22(40)35-24(29)34-20/h3-6,12,14,30H,2,7-11,13H2,1H3,(H,32,39)(H3,29,31,34,35,40)/t14-/m1/s1. The minimum absolute atomic E-state index is 0.00692. The fourth-order valence-electron chi connectivity index (χ4n) is 4.23. The van der Waals surface area contributed by atoms with Crippen molar-refractivity contribution in [2.45, 2.75) is 38.5 Å². The fraction of sp³-hybridized carbons (Fsp3) is 0.400. The van der Waals surface area contributed by atoms with Gasteiger partial charge in [-0.1, -0.05) is 0 Å². The maximum absolute atomic E-state index is 13.4. The van der Waals surface area contributed by atoms with E-state index in [1.54, 1.807) is 11.8 Å². The molecule has 3 amide bonds. The number of nitrogens with one attached hydrogen (secondary N) is 3. The van der Waals surface area contributed by atoms with E-state index in [0.29, 0.717) is 24.4 Å². The van der Waals surface area contributed by atoms with Crippen molar-refractivity contribution in [2.75, 3.05) is 36.8 Å². The van der Waals surface area contributed by atoms with E-state index >= 15 is 0 Å². The van der Waals surface area contributed by atoms with Crippen molar-refractivity contribution in [1.29, 1.82) is 0 Å². The summed E-state index contributed by atoms with van der Waals surface area (Å²) < 4.78 is 40.3. The second kappa shape index (κ2) is 12.3. The molecule has 1 atom stereocenters. The fourth-order valence-corrected chi connectivity index (χ4v) is 4.23. The van der Waals surface area contributed by atoms with Crippen molar-refractivity contribution < 1.29 is 27.6 Å². The zero-order valence-corrected chi connectivity index (χ0v) is 22.0. The largest absolute Gasteiger partial charge is 0.471 e. The highest BCUT2D eigenvalue weighted by Gasteiger charge is 2.43. The van der Waals surface area contributed by atoms with Gasteiger partial charge in [0.1, 0.15) is 0 Å². The number of aromatic amines is 1. The monoisotopic (exact) mass is 575 g/mol. The van der Waals surface area contributed by atoms with Crippen molar-refractivity contribution in [1.82, 2.24) is 35.5 Å². The Kier molecular flexibility index (Phi) is 8.80. The maximum atomic E-state index is 13.4. The van der Waals surface area contributed by atoms with Crippen LogP contribution in [0, 0.1) is 0 Å². The number of benzene rings is 1. The summed E-state index contributed by atoms with van der Waals surface area (Å²) >= 11 is 0. The second-order valence-corrected chi connectivity index (χ2v) is 9.46. The number of fused-ring (bicyclic) bond motifs is 1. The van der Waals surface area contributed by atoms with E-state index in [1.807, 2.05) is 0 Å².